The quantitative estimate of drug-likeness (QED) is 0.160. The highest BCUT2D eigenvalue weighted by Crippen LogP contribution is 2.46. The summed E-state index contributed by atoms with van der Waals surface area (Å²) in [4.78, 5) is 15.8. The molecule has 14 aromatic rings. The van der Waals surface area contributed by atoms with Crippen LogP contribution < -0.4 is 0 Å². The molecule has 0 saturated heterocycles. The van der Waals surface area contributed by atoms with Crippen molar-refractivity contribution >= 4 is 76.3 Å². The van der Waals surface area contributed by atoms with Gasteiger partial charge in [0.25, 0.3) is 0 Å². The van der Waals surface area contributed by atoms with Crippen LogP contribution in [0.1, 0.15) is 5.56 Å². The minimum Gasteiger partial charge on any atom is -0.455 e. The fourth-order valence-electron chi connectivity index (χ4n) is 10.5. The number of para-hydroxylation sites is 3. The van der Waals surface area contributed by atoms with Crippen LogP contribution in [0, 0.1) is 0 Å². The molecule has 0 aliphatic carbocycles. The number of fused-ring (bicyclic) bond motifs is 12. The van der Waals surface area contributed by atoms with Crippen molar-refractivity contribution in [2.75, 3.05) is 0 Å². The molecular weight excluding hydrogens is 831 g/mol. The van der Waals surface area contributed by atoms with Gasteiger partial charge in [0.1, 0.15) is 11.2 Å². The van der Waals surface area contributed by atoms with E-state index in [2.05, 4.69) is 191 Å². The average molecular weight is 870 g/mol. The Labute approximate surface area is 390 Å². The third-order valence-electron chi connectivity index (χ3n) is 13.6. The number of benzene rings is 10. The number of nitrogens with zero attached hydrogens (tertiary/aromatic N) is 5. The van der Waals surface area contributed by atoms with Crippen molar-refractivity contribution in [3.8, 4) is 51.0 Å². The molecule has 0 aliphatic heterocycles. The van der Waals surface area contributed by atoms with E-state index in [0.29, 0.717) is 24.0 Å². The van der Waals surface area contributed by atoms with Crippen LogP contribution in [-0.2, 0) is 6.54 Å². The normalized spacial score (nSPS) is 11.9. The fraction of sp³-hybridized carbons (Fsp3) is 0.0161. The smallest absolute Gasteiger partial charge is 0.166 e. The van der Waals surface area contributed by atoms with Crippen LogP contribution in [0.5, 0.6) is 0 Å². The maximum Gasteiger partial charge on any atom is 0.166 e. The van der Waals surface area contributed by atoms with Gasteiger partial charge in [0, 0.05) is 61.2 Å². The summed E-state index contributed by atoms with van der Waals surface area (Å²) >= 11 is 0. The lowest BCUT2D eigenvalue weighted by Gasteiger charge is -2.15. The van der Waals surface area contributed by atoms with Gasteiger partial charge in [-0.3, -0.25) is 0 Å². The van der Waals surface area contributed by atoms with Gasteiger partial charge >= 0.3 is 0 Å². The van der Waals surface area contributed by atoms with Crippen molar-refractivity contribution in [3.63, 3.8) is 0 Å². The molecule has 0 spiro atoms. The Bertz CT molecular complexity index is 4220. The van der Waals surface area contributed by atoms with Crippen LogP contribution in [0.3, 0.4) is 0 Å². The zero-order chi connectivity index (χ0) is 44.7. The molecule has 0 N–H and O–H groups in total. The van der Waals surface area contributed by atoms with Crippen molar-refractivity contribution in [1.82, 2.24) is 24.1 Å². The summed E-state index contributed by atoms with van der Waals surface area (Å²) in [5.74, 6) is 1.83. The average Bonchev–Trinajstić information content (AvgIpc) is 4.07. The van der Waals surface area contributed by atoms with Crippen LogP contribution in [0.15, 0.2) is 229 Å². The maximum atomic E-state index is 6.93. The lowest BCUT2D eigenvalue weighted by Crippen LogP contribution is -2.04. The third-order valence-corrected chi connectivity index (χ3v) is 13.6. The zero-order valence-electron chi connectivity index (χ0n) is 36.7. The van der Waals surface area contributed by atoms with E-state index in [1.165, 1.54) is 32.8 Å². The molecule has 4 aromatic heterocycles. The molecule has 0 atom stereocenters. The monoisotopic (exact) mass is 869 g/mol. The molecule has 0 saturated carbocycles. The second-order valence-corrected chi connectivity index (χ2v) is 17.6. The van der Waals surface area contributed by atoms with Gasteiger partial charge in [0.05, 0.1) is 27.5 Å². The molecule has 6 heteroatoms. The van der Waals surface area contributed by atoms with E-state index >= 15 is 0 Å². The fourth-order valence-corrected chi connectivity index (χ4v) is 10.5. The number of hydrogen-bond acceptors (Lipinski definition) is 4. The molecule has 4 heterocycles. The van der Waals surface area contributed by atoms with Crippen molar-refractivity contribution < 1.29 is 4.42 Å². The number of rotatable bonds is 7. The first-order chi connectivity index (χ1) is 33.7. The number of aromatic nitrogens is 5. The molecule has 318 valence electrons. The first-order valence-corrected chi connectivity index (χ1v) is 23.0. The van der Waals surface area contributed by atoms with E-state index < -0.39 is 0 Å². The summed E-state index contributed by atoms with van der Waals surface area (Å²) in [6.07, 6.45) is 0. The predicted octanol–water partition coefficient (Wildman–Crippen LogP) is 15.8. The molecule has 6 nitrogen and oxygen atoms in total. The molecule has 0 fully saturated rings. The standard InChI is InChI=1S/C62H39N5O/c1-4-19-41(20-5-1)60-63-61(42-21-6-2-7-22-42)65-62(64-60)52-37-51-49-28-13-15-30-55(49)68-59(51)56-50-34-31-40-18-10-11-26-46(40)57(50)66(58(52)56)38-39-17-16-23-43(35-39)44-32-33-48-47-27-12-14-29-53(47)67(54(48)36-44)45-24-8-3-9-25-45/h1-37H,38H2. The molecular formula is C62H39N5O. The topological polar surface area (TPSA) is 61.7 Å². The number of hydrogen-bond donors (Lipinski definition) is 0. The Morgan fingerprint density at radius 2 is 0.985 bits per heavy atom. The summed E-state index contributed by atoms with van der Waals surface area (Å²) in [5, 5.41) is 9.01. The Morgan fingerprint density at radius 1 is 0.382 bits per heavy atom. The second kappa shape index (κ2) is 15.2. The Balaban J connectivity index is 1.03. The lowest BCUT2D eigenvalue weighted by molar-refractivity contribution is 0.673. The largest absolute Gasteiger partial charge is 0.455 e. The lowest BCUT2D eigenvalue weighted by atomic mass is 10.0. The van der Waals surface area contributed by atoms with Gasteiger partial charge in [-0.15, -0.1) is 0 Å². The molecule has 0 radical (unpaired) electrons. The van der Waals surface area contributed by atoms with E-state index in [4.69, 9.17) is 19.4 Å². The first kappa shape index (κ1) is 38.2. The van der Waals surface area contributed by atoms with Gasteiger partial charge in [-0.2, -0.15) is 0 Å². The molecule has 68 heavy (non-hydrogen) atoms. The summed E-state index contributed by atoms with van der Waals surface area (Å²) in [7, 11) is 0. The van der Waals surface area contributed by atoms with E-state index in [0.717, 1.165) is 82.6 Å². The second-order valence-electron chi connectivity index (χ2n) is 17.6. The molecule has 0 unspecified atom stereocenters. The summed E-state index contributed by atoms with van der Waals surface area (Å²) < 4.78 is 11.8. The highest BCUT2D eigenvalue weighted by atomic mass is 16.3. The van der Waals surface area contributed by atoms with E-state index in [-0.39, 0.29) is 0 Å². The van der Waals surface area contributed by atoms with Crippen LogP contribution in [0.25, 0.3) is 127 Å². The third kappa shape index (κ3) is 6.01. The molecule has 0 amide bonds. The Hall–Kier alpha value is -9.13. The molecule has 14 rings (SSSR count). The summed E-state index contributed by atoms with van der Waals surface area (Å²) in [6, 6.07) is 79.4. The van der Waals surface area contributed by atoms with Gasteiger partial charge in [-0.05, 0) is 64.5 Å². The van der Waals surface area contributed by atoms with E-state index in [9.17, 15) is 0 Å². The van der Waals surface area contributed by atoms with Crippen LogP contribution >= 0.6 is 0 Å². The predicted molar refractivity (Wildman–Crippen MR) is 279 cm³/mol. The van der Waals surface area contributed by atoms with Gasteiger partial charge in [-0.1, -0.05) is 182 Å². The summed E-state index contributed by atoms with van der Waals surface area (Å²) in [6.45, 7) is 0.579. The van der Waals surface area contributed by atoms with E-state index in [1.807, 2.05) is 42.5 Å². The molecule has 0 aliphatic rings. The van der Waals surface area contributed by atoms with Gasteiger partial charge in [0.2, 0.25) is 0 Å². The van der Waals surface area contributed by atoms with Gasteiger partial charge < -0.3 is 13.6 Å². The minimum absolute atomic E-state index is 0.579. The van der Waals surface area contributed by atoms with Crippen molar-refractivity contribution in [2.24, 2.45) is 0 Å². The minimum atomic E-state index is 0.579. The Kier molecular flexibility index (Phi) is 8.55. The molecule has 10 aromatic carbocycles. The highest BCUT2D eigenvalue weighted by Gasteiger charge is 2.26. The van der Waals surface area contributed by atoms with Crippen molar-refractivity contribution in [2.45, 2.75) is 6.54 Å². The highest BCUT2D eigenvalue weighted by molar-refractivity contribution is 6.29. The SMILES string of the molecule is c1ccc(-c2nc(-c3ccccc3)nc(-c3cc4c5ccccc5oc4c4c5ccc6ccccc6c5n(Cc5cccc(-c6ccc7c8ccccc8n(-c8ccccc8)c7c6)c5)c34)n2)cc1. The number of furan rings is 1. The van der Waals surface area contributed by atoms with Gasteiger partial charge in [0.15, 0.2) is 17.5 Å². The Morgan fingerprint density at radius 3 is 1.76 bits per heavy atom. The molecule has 0 bridgehead atoms. The first-order valence-electron chi connectivity index (χ1n) is 23.0. The van der Waals surface area contributed by atoms with Crippen LogP contribution in [0.2, 0.25) is 0 Å². The van der Waals surface area contributed by atoms with Crippen LogP contribution in [-0.4, -0.2) is 24.1 Å². The van der Waals surface area contributed by atoms with Crippen molar-refractivity contribution in [1.29, 1.82) is 0 Å². The van der Waals surface area contributed by atoms with Gasteiger partial charge in [-0.25, -0.2) is 15.0 Å². The summed E-state index contributed by atoms with van der Waals surface area (Å²) in [5.41, 5.74) is 13.6. The van der Waals surface area contributed by atoms with Crippen LogP contribution in [0.4, 0.5) is 0 Å². The maximum absolute atomic E-state index is 6.93. The van der Waals surface area contributed by atoms with Crippen molar-refractivity contribution in [3.05, 3.63) is 230 Å². The zero-order valence-corrected chi connectivity index (χ0v) is 36.7. The van der Waals surface area contributed by atoms with E-state index in [1.54, 1.807) is 0 Å².